The van der Waals surface area contributed by atoms with Gasteiger partial charge in [-0.25, -0.2) is 17.9 Å². The first-order valence-electron chi connectivity index (χ1n) is 9.36. The van der Waals surface area contributed by atoms with Crippen LogP contribution in [0.1, 0.15) is 23.2 Å². The summed E-state index contributed by atoms with van der Waals surface area (Å²) < 4.78 is 41.6. The van der Waals surface area contributed by atoms with Gasteiger partial charge in [0, 0.05) is 19.0 Å². The molecular formula is C18H26ClN3O6S. The molecule has 1 unspecified atom stereocenters. The number of esters is 1. The zero-order valence-electron chi connectivity index (χ0n) is 16.4. The summed E-state index contributed by atoms with van der Waals surface area (Å²) in [6.07, 6.45) is 2.71. The number of nitrogens with one attached hydrogen (secondary N) is 1. The third-order valence-electron chi connectivity index (χ3n) is 5.24. The predicted octanol–water partition coefficient (Wildman–Crippen LogP) is 1.11. The Hall–Kier alpha value is -1.75. The Bertz CT molecular complexity index is 871. The van der Waals surface area contributed by atoms with Gasteiger partial charge in [0.05, 0.1) is 24.1 Å². The number of hydrogen-bond acceptors (Lipinski definition) is 8. The first-order valence-corrected chi connectivity index (χ1v) is 11.6. The number of likely N-dealkylation sites (tertiary alicyclic amines) is 1. The molecular weight excluding hydrogens is 422 g/mol. The lowest BCUT2D eigenvalue weighted by molar-refractivity contribution is 0.0202. The number of nitrogens with two attached hydrogens (primary N) is 1. The van der Waals surface area contributed by atoms with E-state index in [0.717, 1.165) is 32.2 Å². The van der Waals surface area contributed by atoms with Gasteiger partial charge in [-0.1, -0.05) is 11.6 Å². The number of piperidine rings is 1. The number of methoxy groups -OCH3 is 1. The molecule has 0 aliphatic carbocycles. The molecule has 2 heterocycles. The molecule has 1 atom stereocenters. The second-order valence-electron chi connectivity index (χ2n) is 7.28. The number of rotatable bonds is 6. The lowest BCUT2D eigenvalue weighted by Gasteiger charge is -2.38. The molecule has 29 heavy (non-hydrogen) atoms. The van der Waals surface area contributed by atoms with Gasteiger partial charge < -0.3 is 24.8 Å². The Kier molecular flexibility index (Phi) is 6.77. The van der Waals surface area contributed by atoms with Crippen molar-refractivity contribution in [2.75, 3.05) is 51.9 Å². The van der Waals surface area contributed by atoms with Gasteiger partial charge >= 0.3 is 5.97 Å². The Balaban J connectivity index is 1.62. The zero-order chi connectivity index (χ0) is 21.2. The van der Waals surface area contributed by atoms with Crippen LogP contribution >= 0.6 is 11.6 Å². The van der Waals surface area contributed by atoms with Gasteiger partial charge in [0.15, 0.2) is 11.5 Å². The predicted molar refractivity (Wildman–Crippen MR) is 109 cm³/mol. The highest BCUT2D eigenvalue weighted by atomic mass is 35.5. The molecule has 0 aromatic heterocycles. The van der Waals surface area contributed by atoms with Gasteiger partial charge in [0.1, 0.15) is 18.3 Å². The van der Waals surface area contributed by atoms with Crippen LogP contribution in [0.15, 0.2) is 6.07 Å². The number of sulfonamides is 1. The van der Waals surface area contributed by atoms with Crippen molar-refractivity contribution in [2.24, 2.45) is 5.92 Å². The molecule has 3 rings (SSSR count). The van der Waals surface area contributed by atoms with Crippen LogP contribution in [0, 0.1) is 5.92 Å². The van der Waals surface area contributed by atoms with Crippen LogP contribution in [0.25, 0.3) is 0 Å². The van der Waals surface area contributed by atoms with Gasteiger partial charge in [0.2, 0.25) is 10.0 Å². The molecule has 1 saturated heterocycles. The molecule has 0 saturated carbocycles. The van der Waals surface area contributed by atoms with Crippen molar-refractivity contribution >= 4 is 33.3 Å². The summed E-state index contributed by atoms with van der Waals surface area (Å²) in [6, 6.07) is 1.42. The molecule has 9 nitrogen and oxygen atoms in total. The van der Waals surface area contributed by atoms with Crippen LogP contribution < -0.4 is 19.9 Å². The summed E-state index contributed by atoms with van der Waals surface area (Å²) in [4.78, 5) is 14.2. The van der Waals surface area contributed by atoms with E-state index in [1.54, 1.807) is 0 Å². The van der Waals surface area contributed by atoms with E-state index in [1.807, 2.05) is 0 Å². The maximum Gasteiger partial charge on any atom is 0.341 e. The van der Waals surface area contributed by atoms with Crippen LogP contribution in [-0.4, -0.2) is 71.5 Å². The number of carbonyl (C=O) groups excluding carboxylic acids is 1. The molecule has 1 aromatic carbocycles. The number of fused-ring (bicyclic) bond motifs is 1. The topological polar surface area (TPSA) is 120 Å². The number of ether oxygens (including phenoxy) is 3. The molecule has 1 aromatic rings. The average Bonchev–Trinajstić information content (AvgIpc) is 2.69. The van der Waals surface area contributed by atoms with Gasteiger partial charge in [-0.15, -0.1) is 0 Å². The van der Waals surface area contributed by atoms with Crippen molar-refractivity contribution in [1.82, 2.24) is 9.62 Å². The van der Waals surface area contributed by atoms with Crippen LogP contribution in [0.4, 0.5) is 5.69 Å². The lowest BCUT2D eigenvalue weighted by Crippen LogP contribution is -2.45. The molecule has 0 radical (unpaired) electrons. The quantitative estimate of drug-likeness (QED) is 0.491. The molecule has 162 valence electrons. The molecule has 1 fully saturated rings. The summed E-state index contributed by atoms with van der Waals surface area (Å²) in [5.41, 5.74) is 6.49. The van der Waals surface area contributed by atoms with Crippen molar-refractivity contribution in [3.63, 3.8) is 0 Å². The van der Waals surface area contributed by atoms with Crippen molar-refractivity contribution in [2.45, 2.75) is 18.9 Å². The second-order valence-corrected chi connectivity index (χ2v) is 9.52. The monoisotopic (exact) mass is 447 g/mol. The number of nitrogens with zero attached hydrogens (tertiary/aromatic N) is 1. The Morgan fingerprint density at radius 1 is 1.38 bits per heavy atom. The van der Waals surface area contributed by atoms with E-state index >= 15 is 0 Å². The minimum Gasteiger partial charge on any atom is -0.485 e. The van der Waals surface area contributed by atoms with Crippen LogP contribution in [0.5, 0.6) is 11.5 Å². The highest BCUT2D eigenvalue weighted by Gasteiger charge is 2.35. The highest BCUT2D eigenvalue weighted by molar-refractivity contribution is 7.88. The molecule has 0 spiro atoms. The summed E-state index contributed by atoms with van der Waals surface area (Å²) in [7, 11) is -1.89. The maximum absolute atomic E-state index is 12.0. The first-order chi connectivity index (χ1) is 13.7. The van der Waals surface area contributed by atoms with Crippen molar-refractivity contribution in [1.29, 1.82) is 0 Å². The largest absolute Gasteiger partial charge is 0.485 e. The van der Waals surface area contributed by atoms with Crippen molar-refractivity contribution in [3.8, 4) is 11.5 Å². The normalized spacial score (nSPS) is 20.4. The standard InChI is InChI=1S/C18H26ClN3O6S/c1-26-18(23)12-9-13(19)15(20)17-16(12)27-10-14(28-17)11-3-6-22(7-4-11)8-5-21-29(2,24)25/h9,11,14,21H,3-8,10,20H2,1-2H3. The van der Waals surface area contributed by atoms with E-state index in [1.165, 1.54) is 13.2 Å². The number of carbonyl (C=O) groups is 1. The van der Waals surface area contributed by atoms with E-state index in [4.69, 9.17) is 31.5 Å². The van der Waals surface area contributed by atoms with Gasteiger partial charge in [0.25, 0.3) is 0 Å². The summed E-state index contributed by atoms with van der Waals surface area (Å²) in [5.74, 6) is 0.233. The summed E-state index contributed by atoms with van der Waals surface area (Å²) in [5, 5.41) is 0.210. The Morgan fingerprint density at radius 2 is 2.07 bits per heavy atom. The first kappa shape index (κ1) is 21.9. The lowest BCUT2D eigenvalue weighted by atomic mass is 9.91. The third-order valence-corrected chi connectivity index (χ3v) is 6.28. The van der Waals surface area contributed by atoms with E-state index in [2.05, 4.69) is 9.62 Å². The van der Waals surface area contributed by atoms with E-state index < -0.39 is 16.0 Å². The minimum atomic E-state index is -3.17. The van der Waals surface area contributed by atoms with Crippen molar-refractivity contribution < 1.29 is 27.4 Å². The third kappa shape index (κ3) is 5.25. The maximum atomic E-state index is 12.0. The SMILES string of the molecule is COC(=O)c1cc(Cl)c(N)c2c1OCC(C1CCN(CCNS(C)(=O)=O)CC1)O2. The fraction of sp³-hybridized carbons (Fsp3) is 0.611. The van der Waals surface area contributed by atoms with Gasteiger partial charge in [-0.2, -0.15) is 0 Å². The Morgan fingerprint density at radius 3 is 2.69 bits per heavy atom. The zero-order valence-corrected chi connectivity index (χ0v) is 18.0. The van der Waals surface area contributed by atoms with E-state index in [-0.39, 0.29) is 39.8 Å². The molecule has 3 N–H and O–H groups in total. The molecule has 11 heteroatoms. The smallest absolute Gasteiger partial charge is 0.341 e. The van der Waals surface area contributed by atoms with Crippen LogP contribution in [0.2, 0.25) is 5.02 Å². The van der Waals surface area contributed by atoms with Gasteiger partial charge in [-0.3, -0.25) is 0 Å². The number of nitrogen functional groups attached to an aromatic ring is 1. The Labute approximate surface area is 175 Å². The number of benzene rings is 1. The van der Waals surface area contributed by atoms with Crippen LogP contribution in [-0.2, 0) is 14.8 Å². The number of anilines is 1. The van der Waals surface area contributed by atoms with Crippen molar-refractivity contribution in [3.05, 3.63) is 16.7 Å². The highest BCUT2D eigenvalue weighted by Crippen LogP contribution is 2.45. The number of hydrogen-bond donors (Lipinski definition) is 2. The second kappa shape index (κ2) is 8.95. The molecule has 2 aliphatic rings. The fourth-order valence-corrected chi connectivity index (χ4v) is 4.32. The van der Waals surface area contributed by atoms with E-state index in [0.29, 0.717) is 19.7 Å². The van der Waals surface area contributed by atoms with Gasteiger partial charge in [-0.05, 0) is 32.0 Å². The summed E-state index contributed by atoms with van der Waals surface area (Å²) >= 11 is 6.16. The molecule has 2 aliphatic heterocycles. The van der Waals surface area contributed by atoms with Crippen LogP contribution in [0.3, 0.4) is 0 Å². The van der Waals surface area contributed by atoms with E-state index in [9.17, 15) is 13.2 Å². The molecule has 0 amide bonds. The summed E-state index contributed by atoms with van der Waals surface area (Å²) in [6.45, 7) is 3.03. The average molecular weight is 448 g/mol. The number of halogens is 1. The molecule has 0 bridgehead atoms. The minimum absolute atomic E-state index is 0.188. The fourth-order valence-electron chi connectivity index (χ4n) is 3.67.